The number of hydrogen-bond donors (Lipinski definition) is 3. The topological polar surface area (TPSA) is 122 Å². The SMILES string of the molecule is CC(C)(C)C(=O)Cl.Cc1ccc(C2=C(O)C3(CCC(C(F)(F)F)CC3)NC2=O)c(Cl)c1.Cc1ccc(C2=C(OC(=O)C(C)(C)C)C3(CCC(C(F)(F)F)CC3)NC2=O)c(Cl)c1. The lowest BCUT2D eigenvalue weighted by molar-refractivity contribution is -0.186. The van der Waals surface area contributed by atoms with E-state index in [1.807, 2.05) is 13.8 Å². The lowest BCUT2D eigenvalue weighted by Gasteiger charge is -2.39. The van der Waals surface area contributed by atoms with Gasteiger partial charge in [0.2, 0.25) is 5.24 Å². The molecule has 61 heavy (non-hydrogen) atoms. The van der Waals surface area contributed by atoms with Crippen molar-refractivity contribution in [3.63, 3.8) is 0 Å². The van der Waals surface area contributed by atoms with Gasteiger partial charge in [0.15, 0.2) is 0 Å². The molecule has 2 aliphatic heterocycles. The number of carbonyl (C=O) groups is 4. The summed E-state index contributed by atoms with van der Waals surface area (Å²) in [4.78, 5) is 48.2. The predicted molar refractivity (Wildman–Crippen MR) is 222 cm³/mol. The van der Waals surface area contributed by atoms with Crippen LogP contribution in [-0.4, -0.2) is 51.6 Å². The minimum absolute atomic E-state index is 0.0304. The molecule has 2 heterocycles. The molecule has 0 atom stereocenters. The van der Waals surface area contributed by atoms with Crippen molar-refractivity contribution in [1.29, 1.82) is 0 Å². The molecule has 2 amide bonds. The number of ether oxygens (including phenoxy) is 1. The number of rotatable bonds is 3. The average Bonchev–Trinajstić information content (AvgIpc) is 3.50. The number of benzene rings is 2. The molecule has 2 saturated carbocycles. The van der Waals surface area contributed by atoms with Crippen molar-refractivity contribution in [2.75, 3.05) is 0 Å². The van der Waals surface area contributed by atoms with E-state index in [4.69, 9.17) is 39.5 Å². The van der Waals surface area contributed by atoms with E-state index in [-0.39, 0.29) is 84.7 Å². The molecule has 0 aromatic heterocycles. The van der Waals surface area contributed by atoms with Crippen LogP contribution >= 0.6 is 34.8 Å². The zero-order valence-corrected chi connectivity index (χ0v) is 37.4. The molecule has 3 N–H and O–H groups in total. The second kappa shape index (κ2) is 18.2. The Morgan fingerprint density at radius 3 is 1.39 bits per heavy atom. The number of aliphatic hydroxyl groups excluding tert-OH is 1. The Labute approximate surface area is 366 Å². The summed E-state index contributed by atoms with van der Waals surface area (Å²) in [5.74, 6) is -4.50. The van der Waals surface area contributed by atoms with Crippen LogP contribution in [0.1, 0.15) is 115 Å². The second-order valence-corrected chi connectivity index (χ2v) is 19.4. The standard InChI is InChI=1S/C22H25ClF3NO3.C17H17ClF3NO2.C5H9ClO/c1-12-5-6-14(15(23)11-12)16-17(30-19(29)20(2,3)4)21(27-18(16)28)9-7-13(8-10-21)22(24,25)26;1-9-2-3-11(12(18)8-9)13-14(23)16(22-15(13)24)6-4-10(5-7-16)17(19,20)21;1-5(2,3)4(6)7/h5-6,11,13H,7-10H2,1-4H3,(H,27,28);2-3,8,10,23H,4-7H2,1H3,(H,22,24);1-3H3. The van der Waals surface area contributed by atoms with Crippen molar-refractivity contribution in [3.8, 4) is 0 Å². The Hall–Kier alpha value is -3.75. The lowest BCUT2D eigenvalue weighted by Crippen LogP contribution is -2.49. The van der Waals surface area contributed by atoms with E-state index in [0.717, 1.165) is 11.1 Å². The van der Waals surface area contributed by atoms with Crippen LogP contribution in [0.15, 0.2) is 47.9 Å². The van der Waals surface area contributed by atoms with Crippen molar-refractivity contribution in [2.45, 2.75) is 130 Å². The third-order valence-corrected chi connectivity index (χ3v) is 12.5. The van der Waals surface area contributed by atoms with Gasteiger partial charge in [-0.05, 0) is 121 Å². The molecule has 17 heteroatoms. The molecule has 0 bridgehead atoms. The third-order valence-electron chi connectivity index (χ3n) is 11.3. The van der Waals surface area contributed by atoms with Gasteiger partial charge in [-0.25, -0.2) is 0 Å². The molecular formula is C44H51Cl3F6N2O6. The van der Waals surface area contributed by atoms with Gasteiger partial charge in [0.25, 0.3) is 11.8 Å². The summed E-state index contributed by atoms with van der Waals surface area (Å²) in [6.07, 6.45) is -8.92. The first-order valence-electron chi connectivity index (χ1n) is 19.7. The molecule has 2 spiro atoms. The van der Waals surface area contributed by atoms with E-state index in [1.165, 1.54) is 0 Å². The molecular weight excluding hydrogens is 873 g/mol. The molecule has 2 aromatic rings. The molecule has 0 unspecified atom stereocenters. The number of alkyl halides is 6. The van der Waals surface area contributed by atoms with Crippen molar-refractivity contribution >= 4 is 69.0 Å². The molecule has 0 saturated heterocycles. The van der Waals surface area contributed by atoms with Crippen molar-refractivity contribution in [2.24, 2.45) is 22.7 Å². The van der Waals surface area contributed by atoms with E-state index in [1.54, 1.807) is 77.9 Å². The fourth-order valence-corrected chi connectivity index (χ4v) is 8.15. The fraction of sp³-hybridized carbons (Fsp3) is 0.545. The monoisotopic (exact) mass is 922 g/mol. The molecule has 2 aromatic carbocycles. The summed E-state index contributed by atoms with van der Waals surface area (Å²) < 4.78 is 83.8. The fourth-order valence-electron chi connectivity index (χ4n) is 7.49. The van der Waals surface area contributed by atoms with Gasteiger partial charge in [-0.3, -0.25) is 19.2 Å². The number of aryl methyl sites for hydroxylation is 2. The van der Waals surface area contributed by atoms with Crippen molar-refractivity contribution in [3.05, 3.63) is 80.2 Å². The van der Waals surface area contributed by atoms with Gasteiger partial charge in [-0.1, -0.05) is 68.2 Å². The van der Waals surface area contributed by atoms with Gasteiger partial charge in [-0.2, -0.15) is 26.3 Å². The van der Waals surface area contributed by atoms with E-state index in [0.29, 0.717) is 21.2 Å². The van der Waals surface area contributed by atoms with Gasteiger partial charge in [-0.15, -0.1) is 0 Å². The lowest BCUT2D eigenvalue weighted by atomic mass is 9.75. The molecule has 2 fully saturated rings. The Kier molecular flexibility index (Phi) is 14.9. The molecule has 0 radical (unpaired) electrons. The highest BCUT2D eigenvalue weighted by atomic mass is 35.5. The number of halogens is 9. The van der Waals surface area contributed by atoms with Gasteiger partial charge < -0.3 is 20.5 Å². The molecule has 6 rings (SSSR count). The minimum atomic E-state index is -4.29. The van der Waals surface area contributed by atoms with E-state index in [2.05, 4.69) is 10.6 Å². The Morgan fingerprint density at radius 2 is 1.03 bits per heavy atom. The van der Waals surface area contributed by atoms with E-state index < -0.39 is 58.5 Å². The van der Waals surface area contributed by atoms with E-state index >= 15 is 0 Å². The van der Waals surface area contributed by atoms with Crippen LogP contribution in [0.5, 0.6) is 0 Å². The van der Waals surface area contributed by atoms with Crippen LogP contribution in [0, 0.1) is 36.5 Å². The maximum absolute atomic E-state index is 13.2. The summed E-state index contributed by atoms with van der Waals surface area (Å²) in [7, 11) is 0. The Morgan fingerprint density at radius 1 is 0.672 bits per heavy atom. The number of hydrogen-bond acceptors (Lipinski definition) is 6. The first-order valence-corrected chi connectivity index (χ1v) is 20.9. The van der Waals surface area contributed by atoms with Crippen LogP contribution in [0.2, 0.25) is 10.0 Å². The van der Waals surface area contributed by atoms with E-state index in [9.17, 15) is 50.6 Å². The second-order valence-electron chi connectivity index (χ2n) is 18.3. The number of amides is 2. The number of aliphatic hydroxyl groups is 1. The zero-order chi connectivity index (χ0) is 46.3. The zero-order valence-electron chi connectivity index (χ0n) is 35.2. The van der Waals surface area contributed by atoms with Gasteiger partial charge >= 0.3 is 18.3 Å². The largest absolute Gasteiger partial charge is 0.509 e. The number of esters is 1. The van der Waals surface area contributed by atoms with Crippen LogP contribution < -0.4 is 10.6 Å². The number of carbonyl (C=O) groups excluding carboxylic acids is 4. The van der Waals surface area contributed by atoms with Crippen LogP contribution in [-0.2, 0) is 23.9 Å². The van der Waals surface area contributed by atoms with Gasteiger partial charge in [0, 0.05) is 26.6 Å². The Balaban J connectivity index is 0.000000236. The highest BCUT2D eigenvalue weighted by molar-refractivity contribution is 6.64. The number of nitrogens with one attached hydrogen (secondary N) is 2. The van der Waals surface area contributed by atoms with Crippen LogP contribution in [0.4, 0.5) is 26.3 Å². The predicted octanol–water partition coefficient (Wildman–Crippen LogP) is 11.9. The highest BCUT2D eigenvalue weighted by Crippen LogP contribution is 2.50. The molecule has 8 nitrogen and oxygen atoms in total. The summed E-state index contributed by atoms with van der Waals surface area (Å²) in [5, 5.41) is 16.5. The normalized spacial score (nSPS) is 24.5. The summed E-state index contributed by atoms with van der Waals surface area (Å²) in [6, 6.07) is 10.2. The van der Waals surface area contributed by atoms with Gasteiger partial charge in [0.1, 0.15) is 11.5 Å². The summed E-state index contributed by atoms with van der Waals surface area (Å²) in [6.45, 7) is 14.0. The highest BCUT2D eigenvalue weighted by Gasteiger charge is 2.55. The first kappa shape index (κ1) is 49.9. The third kappa shape index (κ3) is 11.4. The van der Waals surface area contributed by atoms with Crippen LogP contribution in [0.3, 0.4) is 0 Å². The summed E-state index contributed by atoms with van der Waals surface area (Å²) >= 11 is 17.7. The summed E-state index contributed by atoms with van der Waals surface area (Å²) in [5.41, 5.74) is -0.732. The minimum Gasteiger partial charge on any atom is -0.509 e. The molecule has 336 valence electrons. The quantitative estimate of drug-likeness (QED) is 0.160. The molecule has 4 aliphatic rings. The maximum Gasteiger partial charge on any atom is 0.391 e. The Bertz CT molecular complexity index is 2100. The maximum atomic E-state index is 13.2. The van der Waals surface area contributed by atoms with Crippen molar-refractivity contribution < 1.29 is 55.4 Å². The van der Waals surface area contributed by atoms with Gasteiger partial charge in [0.05, 0.1) is 39.5 Å². The van der Waals surface area contributed by atoms with Crippen molar-refractivity contribution in [1.82, 2.24) is 10.6 Å². The smallest absolute Gasteiger partial charge is 0.391 e. The first-order chi connectivity index (χ1) is 27.8. The van der Waals surface area contributed by atoms with Crippen LogP contribution in [0.25, 0.3) is 11.1 Å². The average molecular weight is 924 g/mol. The molecule has 2 aliphatic carbocycles.